The molecule has 0 bridgehead atoms. The van der Waals surface area contributed by atoms with Gasteiger partial charge in [0.1, 0.15) is 5.60 Å². The highest BCUT2D eigenvalue weighted by atomic mass is 19.4. The number of carbonyl (C=O) groups excluding carboxylic acids is 2. The van der Waals surface area contributed by atoms with Gasteiger partial charge < -0.3 is 14.4 Å². The Labute approximate surface area is 189 Å². The monoisotopic (exact) mass is 465 g/mol. The van der Waals surface area contributed by atoms with Gasteiger partial charge in [-0.25, -0.2) is 4.79 Å². The highest BCUT2D eigenvalue weighted by molar-refractivity contribution is 6.07. The van der Waals surface area contributed by atoms with E-state index < -0.39 is 23.3 Å². The molecule has 2 fully saturated rings. The van der Waals surface area contributed by atoms with Crippen molar-refractivity contribution in [2.24, 2.45) is 0 Å². The number of carbonyl (C=O) groups is 2. The summed E-state index contributed by atoms with van der Waals surface area (Å²) in [6.07, 6.45) is -1.31. The van der Waals surface area contributed by atoms with Gasteiger partial charge in [-0.2, -0.15) is 13.2 Å². The van der Waals surface area contributed by atoms with Crippen LogP contribution in [0, 0.1) is 0 Å². The number of rotatable bonds is 2. The summed E-state index contributed by atoms with van der Waals surface area (Å²) in [6.45, 7) is 4.76. The SMILES string of the molecule is CC1=C(C(=O)N2CCc3ncc(C(F)(F)F)cc3C2)C2(CCN([C@@H]3CCOC3)CC2)OC1=O. The minimum Gasteiger partial charge on any atom is -0.450 e. The predicted molar refractivity (Wildman–Crippen MR) is 110 cm³/mol. The average molecular weight is 465 g/mol. The third kappa shape index (κ3) is 3.93. The lowest BCUT2D eigenvalue weighted by molar-refractivity contribution is -0.152. The summed E-state index contributed by atoms with van der Waals surface area (Å²) in [5, 5.41) is 0. The molecule has 33 heavy (non-hydrogen) atoms. The first-order chi connectivity index (χ1) is 15.7. The van der Waals surface area contributed by atoms with E-state index >= 15 is 0 Å². The third-order valence-electron chi connectivity index (χ3n) is 7.32. The number of likely N-dealkylation sites (tertiary alicyclic amines) is 1. The Kier molecular flexibility index (Phi) is 5.48. The number of halogens is 3. The minimum absolute atomic E-state index is 0.0255. The van der Waals surface area contributed by atoms with Crippen molar-refractivity contribution in [3.63, 3.8) is 0 Å². The van der Waals surface area contributed by atoms with Crippen molar-refractivity contribution in [2.75, 3.05) is 32.8 Å². The van der Waals surface area contributed by atoms with E-state index in [1.54, 1.807) is 6.92 Å². The fourth-order valence-electron chi connectivity index (χ4n) is 5.43. The summed E-state index contributed by atoms with van der Waals surface area (Å²) < 4.78 is 50.7. The first-order valence-corrected chi connectivity index (χ1v) is 11.3. The molecule has 4 aliphatic rings. The number of ether oxygens (including phenoxy) is 2. The topological polar surface area (TPSA) is 72.0 Å². The van der Waals surface area contributed by atoms with E-state index in [1.165, 1.54) is 4.90 Å². The van der Waals surface area contributed by atoms with Gasteiger partial charge in [0.25, 0.3) is 5.91 Å². The van der Waals surface area contributed by atoms with Crippen molar-refractivity contribution >= 4 is 11.9 Å². The molecule has 0 saturated carbocycles. The van der Waals surface area contributed by atoms with Crippen molar-refractivity contribution in [2.45, 2.75) is 57.0 Å². The molecule has 0 aliphatic carbocycles. The van der Waals surface area contributed by atoms with Crippen molar-refractivity contribution in [1.82, 2.24) is 14.8 Å². The molecule has 0 N–H and O–H groups in total. The lowest BCUT2D eigenvalue weighted by Gasteiger charge is -2.42. The summed E-state index contributed by atoms with van der Waals surface area (Å²) in [4.78, 5) is 33.9. The first kappa shape index (κ1) is 22.3. The van der Waals surface area contributed by atoms with E-state index in [4.69, 9.17) is 9.47 Å². The van der Waals surface area contributed by atoms with Crippen LogP contribution in [0.4, 0.5) is 13.2 Å². The summed E-state index contributed by atoms with van der Waals surface area (Å²) in [6, 6.07) is 1.41. The molecule has 0 aromatic carbocycles. The molecule has 178 valence electrons. The van der Waals surface area contributed by atoms with E-state index in [9.17, 15) is 22.8 Å². The Hall–Kier alpha value is -2.46. The Balaban J connectivity index is 1.36. The number of amides is 1. The maximum atomic E-state index is 13.6. The molecule has 7 nitrogen and oxygen atoms in total. The van der Waals surface area contributed by atoms with Crippen LogP contribution < -0.4 is 0 Å². The zero-order chi connectivity index (χ0) is 23.4. The zero-order valence-corrected chi connectivity index (χ0v) is 18.4. The maximum Gasteiger partial charge on any atom is 0.417 e. The fourth-order valence-corrected chi connectivity index (χ4v) is 5.43. The maximum absolute atomic E-state index is 13.6. The van der Waals surface area contributed by atoms with E-state index in [2.05, 4.69) is 9.88 Å². The van der Waals surface area contributed by atoms with Crippen LogP contribution in [-0.4, -0.2) is 71.2 Å². The standard InChI is InChI=1S/C23H26F3N3O4/c1-14-19(22(33-21(14)31)4-7-28(8-5-22)17-3-9-32-13-17)20(30)29-6-2-18-15(12-29)10-16(11-27-18)23(24,25)26/h10-11,17H,2-9,12-13H2,1H3/t17-/m1/s1. The van der Waals surface area contributed by atoms with E-state index in [0.29, 0.717) is 73.9 Å². The average Bonchev–Trinajstić information content (AvgIpc) is 3.40. The molecule has 10 heteroatoms. The number of alkyl halides is 3. The van der Waals surface area contributed by atoms with Gasteiger partial charge in [-0.1, -0.05) is 0 Å². The van der Waals surface area contributed by atoms with Gasteiger partial charge in [0.15, 0.2) is 0 Å². The molecule has 5 heterocycles. The van der Waals surface area contributed by atoms with E-state index in [-0.39, 0.29) is 12.5 Å². The molecule has 1 amide bonds. The van der Waals surface area contributed by atoms with Crippen LogP contribution in [0.25, 0.3) is 0 Å². The molecule has 2 saturated heterocycles. The molecule has 4 aliphatic heterocycles. The van der Waals surface area contributed by atoms with Crippen molar-refractivity contribution in [1.29, 1.82) is 0 Å². The number of fused-ring (bicyclic) bond motifs is 1. The molecule has 1 atom stereocenters. The molecular formula is C23H26F3N3O4. The number of pyridine rings is 1. The van der Waals surface area contributed by atoms with Crippen molar-refractivity contribution in [3.05, 3.63) is 40.2 Å². The lowest BCUT2D eigenvalue weighted by Crippen LogP contribution is -2.52. The lowest BCUT2D eigenvalue weighted by atomic mass is 9.81. The summed E-state index contributed by atoms with van der Waals surface area (Å²) in [7, 11) is 0. The first-order valence-electron chi connectivity index (χ1n) is 11.3. The number of nitrogens with zero attached hydrogens (tertiary/aromatic N) is 3. The Morgan fingerprint density at radius 2 is 2.00 bits per heavy atom. The van der Waals surface area contributed by atoms with Gasteiger partial charge in [-0.15, -0.1) is 0 Å². The van der Waals surface area contributed by atoms with Crippen LogP contribution in [0.3, 0.4) is 0 Å². The zero-order valence-electron chi connectivity index (χ0n) is 18.4. The number of hydrogen-bond acceptors (Lipinski definition) is 6. The molecule has 1 aromatic rings. The van der Waals surface area contributed by atoms with Crippen LogP contribution in [-0.2, 0) is 38.2 Å². The Morgan fingerprint density at radius 1 is 1.24 bits per heavy atom. The Morgan fingerprint density at radius 3 is 2.67 bits per heavy atom. The van der Waals surface area contributed by atoms with Gasteiger partial charge in [0.2, 0.25) is 0 Å². The van der Waals surface area contributed by atoms with E-state index in [0.717, 1.165) is 25.3 Å². The van der Waals surface area contributed by atoms with Gasteiger partial charge >= 0.3 is 12.1 Å². The second-order valence-corrected chi connectivity index (χ2v) is 9.24. The molecule has 1 spiro atoms. The summed E-state index contributed by atoms with van der Waals surface area (Å²) in [5.41, 5.74) is -0.189. The molecule has 0 radical (unpaired) electrons. The van der Waals surface area contributed by atoms with Crippen LogP contribution in [0.2, 0.25) is 0 Å². The number of hydrogen-bond donors (Lipinski definition) is 0. The quantitative estimate of drug-likeness (QED) is 0.625. The third-order valence-corrected chi connectivity index (χ3v) is 7.32. The normalized spacial score (nSPS) is 25.5. The number of aromatic nitrogens is 1. The second kappa shape index (κ2) is 8.09. The van der Waals surface area contributed by atoms with Crippen molar-refractivity contribution in [3.8, 4) is 0 Å². The van der Waals surface area contributed by atoms with Crippen LogP contribution in [0.1, 0.15) is 43.0 Å². The van der Waals surface area contributed by atoms with Gasteiger partial charge in [0, 0.05) is 75.6 Å². The summed E-state index contributed by atoms with van der Waals surface area (Å²) >= 11 is 0. The van der Waals surface area contributed by atoms with E-state index in [1.807, 2.05) is 0 Å². The second-order valence-electron chi connectivity index (χ2n) is 9.24. The van der Waals surface area contributed by atoms with Crippen LogP contribution in [0.15, 0.2) is 23.4 Å². The molecule has 5 rings (SSSR count). The van der Waals surface area contributed by atoms with Gasteiger partial charge in [-0.3, -0.25) is 14.7 Å². The highest BCUT2D eigenvalue weighted by Crippen LogP contribution is 2.43. The minimum atomic E-state index is -4.50. The molecule has 1 aromatic heterocycles. The van der Waals surface area contributed by atoms with Crippen LogP contribution >= 0.6 is 0 Å². The van der Waals surface area contributed by atoms with Gasteiger partial charge in [0.05, 0.1) is 17.7 Å². The fraction of sp³-hybridized carbons (Fsp3) is 0.609. The van der Waals surface area contributed by atoms with Crippen LogP contribution in [0.5, 0.6) is 0 Å². The molecule has 0 unspecified atom stereocenters. The number of piperidine rings is 1. The van der Waals surface area contributed by atoms with Crippen molar-refractivity contribution < 1.29 is 32.2 Å². The summed E-state index contributed by atoms with van der Waals surface area (Å²) in [5.74, 6) is -0.825. The highest BCUT2D eigenvalue weighted by Gasteiger charge is 2.52. The predicted octanol–water partition coefficient (Wildman–Crippen LogP) is 2.48. The van der Waals surface area contributed by atoms with Gasteiger partial charge in [-0.05, 0) is 25.0 Å². The molecular weight excluding hydrogens is 439 g/mol. The Bertz CT molecular complexity index is 1010. The number of esters is 1. The largest absolute Gasteiger partial charge is 0.450 e. The smallest absolute Gasteiger partial charge is 0.417 e.